The van der Waals surface area contributed by atoms with Crippen molar-refractivity contribution in [2.75, 3.05) is 6.54 Å². The van der Waals surface area contributed by atoms with Crippen LogP contribution in [-0.4, -0.2) is 48.9 Å². The summed E-state index contributed by atoms with van der Waals surface area (Å²) in [5.41, 5.74) is 0. The number of carboxylic acids is 1. The van der Waals surface area contributed by atoms with Crippen LogP contribution in [0.3, 0.4) is 0 Å². The maximum Gasteiger partial charge on any atom is 0.326 e. The van der Waals surface area contributed by atoms with Gasteiger partial charge in [-0.15, -0.1) is 0 Å². The summed E-state index contributed by atoms with van der Waals surface area (Å²) >= 11 is 0. The van der Waals surface area contributed by atoms with Gasteiger partial charge in [-0.1, -0.05) is 38.5 Å². The van der Waals surface area contributed by atoms with E-state index in [1.54, 1.807) is 25.1 Å². The Balaban J connectivity index is 2.27. The lowest BCUT2D eigenvalue weighted by Crippen LogP contribution is -2.54. The van der Waals surface area contributed by atoms with Crippen LogP contribution in [0.25, 0.3) is 0 Å². The summed E-state index contributed by atoms with van der Waals surface area (Å²) in [5, 5.41) is 9.29. The van der Waals surface area contributed by atoms with Gasteiger partial charge in [0, 0.05) is 6.54 Å². The third-order valence-electron chi connectivity index (χ3n) is 4.64. The molecule has 2 N–H and O–H groups in total. The number of hydrogen-bond donors (Lipinski definition) is 2. The van der Waals surface area contributed by atoms with Gasteiger partial charge in [0.05, 0.1) is 4.90 Å². The van der Waals surface area contributed by atoms with Gasteiger partial charge in [-0.25, -0.2) is 13.2 Å². The van der Waals surface area contributed by atoms with Gasteiger partial charge in [0.1, 0.15) is 12.1 Å². The van der Waals surface area contributed by atoms with Crippen LogP contribution in [0.2, 0.25) is 0 Å². The van der Waals surface area contributed by atoms with Crippen molar-refractivity contribution in [3.63, 3.8) is 0 Å². The third kappa shape index (κ3) is 4.38. The van der Waals surface area contributed by atoms with Crippen molar-refractivity contribution >= 4 is 21.9 Å². The highest BCUT2D eigenvalue weighted by Gasteiger charge is 2.40. The monoisotopic (exact) mass is 368 g/mol. The molecule has 25 heavy (non-hydrogen) atoms. The van der Waals surface area contributed by atoms with Gasteiger partial charge in [0.25, 0.3) is 0 Å². The van der Waals surface area contributed by atoms with Crippen LogP contribution in [0.5, 0.6) is 0 Å². The Labute approximate surface area is 148 Å². The second kappa shape index (κ2) is 7.97. The fourth-order valence-corrected chi connectivity index (χ4v) is 4.27. The average molecular weight is 368 g/mol. The number of benzene rings is 1. The van der Waals surface area contributed by atoms with Crippen LogP contribution in [0.4, 0.5) is 0 Å². The van der Waals surface area contributed by atoms with Gasteiger partial charge in [-0.2, -0.15) is 4.72 Å². The van der Waals surface area contributed by atoms with Gasteiger partial charge >= 0.3 is 5.97 Å². The standard InChI is InChI=1S/C17H24N2O5S/c1-3-12(2)15(16(20)19-11-7-10-14(19)17(21)22)18-25(23,24)13-8-5-4-6-9-13/h4-6,8-9,12,14-15,18H,3,7,10-11H2,1-2H3,(H,21,22)/t12?,14-,15-/m0/s1. The van der Waals surface area contributed by atoms with Gasteiger partial charge < -0.3 is 10.0 Å². The lowest BCUT2D eigenvalue weighted by atomic mass is 9.98. The molecule has 1 aliphatic rings. The zero-order chi connectivity index (χ0) is 18.6. The molecule has 1 amide bonds. The minimum atomic E-state index is -3.87. The number of likely N-dealkylation sites (tertiary alicyclic amines) is 1. The number of sulfonamides is 1. The Morgan fingerprint density at radius 1 is 1.32 bits per heavy atom. The van der Waals surface area contributed by atoms with Gasteiger partial charge in [0.2, 0.25) is 15.9 Å². The molecular weight excluding hydrogens is 344 g/mol. The fraction of sp³-hybridized carbons (Fsp3) is 0.529. The smallest absolute Gasteiger partial charge is 0.326 e. The lowest BCUT2D eigenvalue weighted by Gasteiger charge is -2.30. The maximum atomic E-state index is 12.9. The Hall–Kier alpha value is -1.93. The summed E-state index contributed by atoms with van der Waals surface area (Å²) in [7, 11) is -3.87. The largest absolute Gasteiger partial charge is 0.480 e. The van der Waals surface area contributed by atoms with E-state index in [0.29, 0.717) is 25.8 Å². The van der Waals surface area contributed by atoms with Crippen LogP contribution in [0.15, 0.2) is 35.2 Å². The molecule has 1 fully saturated rings. The first-order chi connectivity index (χ1) is 11.8. The lowest BCUT2D eigenvalue weighted by molar-refractivity contribution is -0.149. The quantitative estimate of drug-likeness (QED) is 0.758. The Kier molecular flexibility index (Phi) is 6.18. The molecule has 1 aromatic rings. The molecule has 0 spiro atoms. The maximum absolute atomic E-state index is 12.9. The number of carbonyl (C=O) groups excluding carboxylic acids is 1. The molecule has 0 aliphatic carbocycles. The molecule has 1 aliphatic heterocycles. The first-order valence-corrected chi connectivity index (χ1v) is 9.87. The molecule has 8 heteroatoms. The zero-order valence-corrected chi connectivity index (χ0v) is 15.2. The molecule has 0 aromatic heterocycles. The van der Waals surface area contributed by atoms with E-state index in [2.05, 4.69) is 4.72 Å². The molecule has 0 bridgehead atoms. The normalized spacial score (nSPS) is 20.2. The van der Waals surface area contributed by atoms with Gasteiger partial charge in [-0.05, 0) is 30.9 Å². The minimum absolute atomic E-state index is 0.0762. The van der Waals surface area contributed by atoms with E-state index in [9.17, 15) is 23.1 Å². The first-order valence-electron chi connectivity index (χ1n) is 8.38. The first kappa shape index (κ1) is 19.4. The van der Waals surface area contributed by atoms with Crippen molar-refractivity contribution in [1.82, 2.24) is 9.62 Å². The van der Waals surface area contributed by atoms with Crippen LogP contribution < -0.4 is 4.72 Å². The average Bonchev–Trinajstić information content (AvgIpc) is 3.09. The summed E-state index contributed by atoms with van der Waals surface area (Å²) in [6, 6.07) is 5.95. The van der Waals surface area contributed by atoms with E-state index in [4.69, 9.17) is 0 Å². The molecule has 1 unspecified atom stereocenters. The predicted molar refractivity (Wildman–Crippen MR) is 92.4 cm³/mol. The predicted octanol–water partition coefficient (Wildman–Crippen LogP) is 1.46. The molecule has 7 nitrogen and oxygen atoms in total. The molecule has 1 heterocycles. The van der Waals surface area contributed by atoms with Gasteiger partial charge in [0.15, 0.2) is 0 Å². The van der Waals surface area contributed by atoms with Gasteiger partial charge in [-0.3, -0.25) is 4.79 Å². The van der Waals surface area contributed by atoms with E-state index in [-0.39, 0.29) is 10.8 Å². The highest BCUT2D eigenvalue weighted by atomic mass is 32.2. The molecule has 1 aromatic carbocycles. The van der Waals surface area contributed by atoms with Crippen LogP contribution in [0.1, 0.15) is 33.1 Å². The molecule has 138 valence electrons. The summed E-state index contributed by atoms with van der Waals surface area (Å²) in [6.45, 7) is 3.97. The summed E-state index contributed by atoms with van der Waals surface area (Å²) in [6.07, 6.45) is 1.57. The molecular formula is C17H24N2O5S. The van der Waals surface area contributed by atoms with Crippen molar-refractivity contribution in [2.45, 2.75) is 50.1 Å². The second-order valence-corrected chi connectivity index (χ2v) is 8.04. The van der Waals surface area contributed by atoms with E-state index in [0.717, 1.165) is 0 Å². The third-order valence-corrected chi connectivity index (χ3v) is 6.09. The summed E-state index contributed by atoms with van der Waals surface area (Å²) in [5.74, 6) is -1.79. The number of nitrogens with one attached hydrogen (secondary N) is 1. The number of rotatable bonds is 7. The highest BCUT2D eigenvalue weighted by Crippen LogP contribution is 2.22. The summed E-state index contributed by atoms with van der Waals surface area (Å²) < 4.78 is 27.7. The van der Waals surface area contributed by atoms with E-state index >= 15 is 0 Å². The number of nitrogens with zero attached hydrogens (tertiary/aromatic N) is 1. The van der Waals surface area contributed by atoms with Crippen molar-refractivity contribution in [1.29, 1.82) is 0 Å². The van der Waals surface area contributed by atoms with E-state index in [1.165, 1.54) is 17.0 Å². The second-order valence-electron chi connectivity index (χ2n) is 6.33. The zero-order valence-electron chi connectivity index (χ0n) is 14.4. The SMILES string of the molecule is CCC(C)[C@H](NS(=O)(=O)c1ccccc1)C(=O)N1CCC[C@H]1C(=O)O. The van der Waals surface area contributed by atoms with Crippen molar-refractivity contribution in [3.8, 4) is 0 Å². The van der Waals surface area contributed by atoms with Crippen LogP contribution >= 0.6 is 0 Å². The summed E-state index contributed by atoms with van der Waals surface area (Å²) in [4.78, 5) is 25.6. The Morgan fingerprint density at radius 2 is 1.96 bits per heavy atom. The van der Waals surface area contributed by atoms with Crippen LogP contribution in [-0.2, 0) is 19.6 Å². The topological polar surface area (TPSA) is 104 Å². The number of hydrogen-bond acceptors (Lipinski definition) is 4. The molecule has 3 atom stereocenters. The molecule has 2 rings (SSSR count). The van der Waals surface area contributed by atoms with Crippen molar-refractivity contribution in [3.05, 3.63) is 30.3 Å². The van der Waals surface area contributed by atoms with Crippen LogP contribution in [0, 0.1) is 5.92 Å². The molecule has 0 saturated carbocycles. The van der Waals surface area contributed by atoms with E-state index in [1.807, 2.05) is 6.92 Å². The molecule has 0 radical (unpaired) electrons. The Bertz CT molecular complexity index is 720. The Morgan fingerprint density at radius 3 is 2.52 bits per heavy atom. The fourth-order valence-electron chi connectivity index (χ4n) is 2.95. The van der Waals surface area contributed by atoms with E-state index < -0.39 is 34.0 Å². The number of amides is 1. The number of carbonyl (C=O) groups is 2. The highest BCUT2D eigenvalue weighted by molar-refractivity contribution is 7.89. The number of aliphatic carboxylic acids is 1. The van der Waals surface area contributed by atoms with Crippen molar-refractivity contribution < 1.29 is 23.1 Å². The van der Waals surface area contributed by atoms with Crippen molar-refractivity contribution in [2.24, 2.45) is 5.92 Å². The molecule has 1 saturated heterocycles. The minimum Gasteiger partial charge on any atom is -0.480 e. The number of carboxylic acid groups (broad SMARTS) is 1.